The van der Waals surface area contributed by atoms with E-state index in [2.05, 4.69) is 25.6 Å². The molecule has 17 heteroatoms. The van der Waals surface area contributed by atoms with Crippen molar-refractivity contribution in [1.82, 2.24) is 40.1 Å². The lowest BCUT2D eigenvalue weighted by atomic mass is 9.66. The number of amides is 2. The molecule has 2 amide bonds. The lowest BCUT2D eigenvalue weighted by molar-refractivity contribution is -0.137. The van der Waals surface area contributed by atoms with Crippen molar-refractivity contribution in [2.75, 3.05) is 19.7 Å². The van der Waals surface area contributed by atoms with Crippen molar-refractivity contribution >= 4 is 35.1 Å². The van der Waals surface area contributed by atoms with Crippen LogP contribution in [0.1, 0.15) is 57.8 Å². The number of benzene rings is 1. The highest BCUT2D eigenvalue weighted by Crippen LogP contribution is 2.46. The highest BCUT2D eigenvalue weighted by Gasteiger charge is 2.58. The summed E-state index contributed by atoms with van der Waals surface area (Å²) in [6.07, 6.45) is 8.69. The number of ether oxygens (including phenoxy) is 1. The second kappa shape index (κ2) is 12.9. The van der Waals surface area contributed by atoms with Gasteiger partial charge in [-0.3, -0.25) is 25.1 Å². The molecule has 6 rings (SSSR count). The fourth-order valence-corrected chi connectivity index (χ4v) is 7.14. The lowest BCUT2D eigenvalue weighted by Crippen LogP contribution is -2.58. The number of hydrogen-bond donors (Lipinski definition) is 3. The second-order valence-corrected chi connectivity index (χ2v) is 14.5. The van der Waals surface area contributed by atoms with E-state index in [4.69, 9.17) is 21.7 Å². The Morgan fingerprint density at radius 1 is 1.24 bits per heavy atom. The molecule has 12 nitrogen and oxygen atoms in total. The van der Waals surface area contributed by atoms with Gasteiger partial charge in [0.15, 0.2) is 11.8 Å². The zero-order chi connectivity index (χ0) is 36.2. The van der Waals surface area contributed by atoms with Gasteiger partial charge in [0.2, 0.25) is 0 Å². The minimum atomic E-state index is -3.01. The third kappa shape index (κ3) is 6.72. The first kappa shape index (κ1) is 35.1. The van der Waals surface area contributed by atoms with Crippen LogP contribution >= 0.6 is 11.6 Å². The number of carbonyl (C=O) groups is 2. The Balaban J connectivity index is 1.36. The number of carbonyl (C=O) groups excluding carboxylic acids is 2. The average Bonchev–Trinajstić information content (AvgIpc) is 3.78. The molecular weight excluding hydrogens is 682 g/mol. The number of nitrogens with one attached hydrogen (secondary N) is 3. The number of likely N-dealkylation sites (tertiary alicyclic amines) is 1. The molecule has 2 saturated heterocycles. The normalized spacial score (nSPS) is 23.9. The van der Waals surface area contributed by atoms with Crippen LogP contribution in [0.4, 0.5) is 22.4 Å². The third-order valence-electron chi connectivity index (χ3n) is 9.01. The predicted molar refractivity (Wildman–Crippen MR) is 175 cm³/mol. The van der Waals surface area contributed by atoms with Crippen molar-refractivity contribution < 1.29 is 31.9 Å². The van der Waals surface area contributed by atoms with E-state index in [1.807, 2.05) is 39.8 Å². The van der Waals surface area contributed by atoms with Crippen LogP contribution in [-0.4, -0.2) is 83.9 Å². The van der Waals surface area contributed by atoms with E-state index in [1.54, 1.807) is 24.3 Å². The van der Waals surface area contributed by atoms with Gasteiger partial charge in [0.05, 0.1) is 30.4 Å². The monoisotopic (exact) mass is 717 g/mol. The Morgan fingerprint density at radius 2 is 1.98 bits per heavy atom. The molecule has 2 unspecified atom stereocenters. The van der Waals surface area contributed by atoms with E-state index >= 15 is 0 Å². The second-order valence-electron chi connectivity index (χ2n) is 14.1. The summed E-state index contributed by atoms with van der Waals surface area (Å²) >= 11 is 6.50. The number of alkyl halides is 4. The van der Waals surface area contributed by atoms with Gasteiger partial charge in [0.25, 0.3) is 11.8 Å². The zero-order valence-corrected chi connectivity index (χ0v) is 28.4. The van der Waals surface area contributed by atoms with Crippen LogP contribution in [0.2, 0.25) is 5.02 Å². The number of nitrogens with zero attached hydrogens (tertiary/aromatic N) is 6. The fraction of sp³-hybridized carbons (Fsp3) is 0.455. The highest BCUT2D eigenvalue weighted by molar-refractivity contribution is 6.33. The van der Waals surface area contributed by atoms with Crippen molar-refractivity contribution in [2.24, 2.45) is 17.3 Å². The number of guanidine groups is 1. The van der Waals surface area contributed by atoms with E-state index in [-0.39, 0.29) is 18.3 Å². The Kier molecular flexibility index (Phi) is 9.03. The molecule has 2 aromatic heterocycles. The molecule has 4 heterocycles. The van der Waals surface area contributed by atoms with Crippen LogP contribution in [-0.2, 0) is 9.53 Å². The predicted octanol–water partition coefficient (Wildman–Crippen LogP) is 6.29. The minimum Gasteiger partial charge on any atom is -0.447 e. The molecule has 2 fully saturated rings. The Morgan fingerprint density at radius 3 is 2.58 bits per heavy atom. The molecule has 50 heavy (non-hydrogen) atoms. The van der Waals surface area contributed by atoms with Crippen molar-refractivity contribution in [3.8, 4) is 11.4 Å². The smallest absolute Gasteiger partial charge is 0.410 e. The molecular formula is C33H36ClF4N9O3. The quantitative estimate of drug-likeness (QED) is 0.221. The van der Waals surface area contributed by atoms with E-state index in [1.165, 1.54) is 23.6 Å². The Labute approximate surface area is 290 Å². The first-order valence-electron chi connectivity index (χ1n) is 15.9. The topological polar surface area (TPSA) is 145 Å². The SMILES string of the molecule is CC1C=C(c2cnn(C(F)F)c2)C=CC1[C@@]1(CC(C)(C)C)NC(=N)N([C@H](COC(=O)N2CC(F)(F)C2)c2ccc(Cl)c(-c3ncn[nH]3)c2)C1=O. The largest absolute Gasteiger partial charge is 0.447 e. The van der Waals surface area contributed by atoms with Crippen LogP contribution in [0.5, 0.6) is 0 Å². The van der Waals surface area contributed by atoms with Gasteiger partial charge in [-0.1, -0.05) is 63.6 Å². The van der Waals surface area contributed by atoms with Crippen molar-refractivity contribution in [2.45, 2.75) is 58.2 Å². The maximum Gasteiger partial charge on any atom is 0.410 e. The summed E-state index contributed by atoms with van der Waals surface area (Å²) in [5.74, 6) is -4.20. The van der Waals surface area contributed by atoms with Crippen molar-refractivity contribution in [3.63, 3.8) is 0 Å². The molecule has 0 saturated carbocycles. The molecule has 0 radical (unpaired) electrons. The summed E-state index contributed by atoms with van der Waals surface area (Å²) in [6.45, 7) is 2.99. The van der Waals surface area contributed by atoms with Crippen molar-refractivity contribution in [3.05, 3.63) is 71.3 Å². The van der Waals surface area contributed by atoms with Gasteiger partial charge in [-0.15, -0.1) is 0 Å². The molecule has 0 spiro atoms. The van der Waals surface area contributed by atoms with E-state index in [0.29, 0.717) is 37.8 Å². The molecule has 3 aliphatic rings. The number of hydrogen-bond acceptors (Lipinski definition) is 7. The summed E-state index contributed by atoms with van der Waals surface area (Å²) in [5, 5.41) is 23.0. The first-order valence-corrected chi connectivity index (χ1v) is 16.2. The van der Waals surface area contributed by atoms with Crippen molar-refractivity contribution in [1.29, 1.82) is 5.41 Å². The van der Waals surface area contributed by atoms with Gasteiger partial charge in [0, 0.05) is 23.2 Å². The van der Waals surface area contributed by atoms with Gasteiger partial charge >= 0.3 is 12.6 Å². The van der Waals surface area contributed by atoms with Crippen LogP contribution in [0, 0.1) is 22.7 Å². The van der Waals surface area contributed by atoms with Crippen LogP contribution < -0.4 is 5.32 Å². The maximum atomic E-state index is 15.0. The number of halogens is 5. The maximum absolute atomic E-state index is 15.0. The standard InChI is InChI=1S/C33H36ClF4N9O3/c1-18-9-19(21-11-42-46(12-21)28(35)36)5-7-23(18)33(14-31(2,3)4)27(48)47(29(39)43-33)25(13-50-30(49)45-15-32(37,38)16-45)20-6-8-24(34)22(10-20)26-40-17-41-44-26/h5-12,17-18,23,25,28H,13-16H2,1-4H3,(H2,39,43)(H,40,41,44)/t18?,23?,25-,33-/m1/s1. The molecule has 0 bridgehead atoms. The van der Waals surface area contributed by atoms with E-state index < -0.39 is 67.1 Å². The van der Waals surface area contributed by atoms with E-state index in [0.717, 1.165) is 4.90 Å². The van der Waals surface area contributed by atoms with E-state index in [9.17, 15) is 27.2 Å². The minimum absolute atomic E-state index is 0.250. The number of H-pyrrole nitrogens is 1. The van der Waals surface area contributed by atoms with Crippen LogP contribution in [0.25, 0.3) is 17.0 Å². The Bertz CT molecular complexity index is 1850. The molecule has 3 aromatic rings. The molecule has 3 N–H and O–H groups in total. The number of aromatic amines is 1. The summed E-state index contributed by atoms with van der Waals surface area (Å²) in [6, 6.07) is 3.76. The molecule has 4 atom stereocenters. The van der Waals surface area contributed by atoms with Gasteiger partial charge in [-0.05, 0) is 41.0 Å². The summed E-state index contributed by atoms with van der Waals surface area (Å²) in [4.78, 5) is 34.1. The van der Waals surface area contributed by atoms with Gasteiger partial charge < -0.3 is 10.1 Å². The summed E-state index contributed by atoms with van der Waals surface area (Å²) < 4.78 is 59.6. The number of aromatic nitrogens is 5. The first-order chi connectivity index (χ1) is 23.5. The number of rotatable bonds is 9. The molecule has 2 aliphatic heterocycles. The average molecular weight is 718 g/mol. The van der Waals surface area contributed by atoms with Crippen LogP contribution in [0.3, 0.4) is 0 Å². The van der Waals surface area contributed by atoms with Gasteiger partial charge in [0.1, 0.15) is 18.5 Å². The summed E-state index contributed by atoms with van der Waals surface area (Å²) in [5.41, 5.74) is 0.223. The van der Waals surface area contributed by atoms with Gasteiger partial charge in [-0.2, -0.15) is 19.0 Å². The molecule has 1 aliphatic carbocycles. The highest BCUT2D eigenvalue weighted by atomic mass is 35.5. The lowest BCUT2D eigenvalue weighted by Gasteiger charge is -2.42. The molecule has 266 valence electrons. The fourth-order valence-electron chi connectivity index (χ4n) is 6.93. The summed E-state index contributed by atoms with van der Waals surface area (Å²) in [7, 11) is 0. The number of allylic oxidation sites excluding steroid dienone is 3. The Hall–Kier alpha value is -4.73. The molecule has 1 aromatic carbocycles. The van der Waals surface area contributed by atoms with Gasteiger partial charge in [-0.25, -0.2) is 23.2 Å². The van der Waals surface area contributed by atoms with Crippen LogP contribution in [0.15, 0.2) is 55.1 Å². The third-order valence-corrected chi connectivity index (χ3v) is 9.34. The zero-order valence-electron chi connectivity index (χ0n) is 27.6.